The van der Waals surface area contributed by atoms with Crippen molar-refractivity contribution < 1.29 is 23.9 Å². The number of nitrogens with zero attached hydrogens (tertiary/aromatic N) is 3. The minimum atomic E-state index is -0.554. The number of benzene rings is 1. The number of carbonyl (C=O) groups is 1. The van der Waals surface area contributed by atoms with Crippen LogP contribution < -0.4 is 14.9 Å². The van der Waals surface area contributed by atoms with E-state index in [2.05, 4.69) is 15.5 Å². The van der Waals surface area contributed by atoms with E-state index in [-0.39, 0.29) is 23.8 Å². The van der Waals surface area contributed by atoms with Crippen molar-refractivity contribution in [3.8, 4) is 11.5 Å². The second-order valence-electron chi connectivity index (χ2n) is 5.29. The Morgan fingerprint density at radius 2 is 2.14 bits per heavy atom. The van der Waals surface area contributed by atoms with Crippen LogP contribution in [0.2, 0.25) is 0 Å². The van der Waals surface area contributed by atoms with Crippen LogP contribution in [-0.2, 0) is 4.74 Å². The largest absolute Gasteiger partial charge is 0.490 e. The van der Waals surface area contributed by atoms with Crippen LogP contribution in [0.15, 0.2) is 17.2 Å². The summed E-state index contributed by atoms with van der Waals surface area (Å²) in [6, 6.07) is 2.90. The van der Waals surface area contributed by atoms with Crippen molar-refractivity contribution in [3.63, 3.8) is 0 Å². The van der Waals surface area contributed by atoms with Crippen LogP contribution in [-0.4, -0.2) is 42.4 Å². The predicted octanol–water partition coefficient (Wildman–Crippen LogP) is 3.39. The lowest BCUT2D eigenvalue weighted by molar-refractivity contribution is -0.385. The molecular formula is C17H20N4O6S. The van der Waals surface area contributed by atoms with Gasteiger partial charge in [0.05, 0.1) is 37.2 Å². The van der Waals surface area contributed by atoms with E-state index in [9.17, 15) is 14.9 Å². The van der Waals surface area contributed by atoms with Crippen LogP contribution in [0.4, 0.5) is 10.8 Å². The molecule has 0 fully saturated rings. The number of methoxy groups -OCH3 is 1. The molecule has 1 N–H and O–H groups in total. The summed E-state index contributed by atoms with van der Waals surface area (Å²) < 4.78 is 15.5. The first kappa shape index (κ1) is 21.1. The molecule has 0 spiro atoms. The highest BCUT2D eigenvalue weighted by Gasteiger charge is 2.21. The SMILES string of the molecule is CCOC(=O)c1sc(N/N=C\c2cc(OCC)c(OC)c([N+](=O)[O-])c2)nc1C. The van der Waals surface area contributed by atoms with Gasteiger partial charge in [-0.05, 0) is 26.8 Å². The van der Waals surface area contributed by atoms with Gasteiger partial charge in [-0.1, -0.05) is 11.3 Å². The highest BCUT2D eigenvalue weighted by Crippen LogP contribution is 2.37. The second kappa shape index (κ2) is 9.65. The summed E-state index contributed by atoms with van der Waals surface area (Å²) in [4.78, 5) is 27.2. The van der Waals surface area contributed by atoms with Crippen molar-refractivity contribution in [3.05, 3.63) is 38.4 Å². The maximum atomic E-state index is 11.8. The monoisotopic (exact) mass is 408 g/mol. The quantitative estimate of drug-likeness (QED) is 0.290. The molecule has 150 valence electrons. The molecule has 28 heavy (non-hydrogen) atoms. The number of thiazole rings is 1. The highest BCUT2D eigenvalue weighted by molar-refractivity contribution is 7.17. The fraction of sp³-hybridized carbons (Fsp3) is 0.353. The molecule has 2 aromatic rings. The number of nitro benzene ring substituents is 1. The minimum Gasteiger partial charge on any atom is -0.490 e. The minimum absolute atomic E-state index is 0.0478. The standard InChI is InChI=1S/C17H20N4O6S/c1-5-26-13-8-11(7-12(21(23)24)14(13)25-4)9-18-20-17-19-10(3)15(28-17)16(22)27-6-2/h7-9H,5-6H2,1-4H3,(H,19,20)/b18-9-. The molecule has 0 unspecified atom stereocenters. The normalized spacial score (nSPS) is 10.7. The lowest BCUT2D eigenvalue weighted by Gasteiger charge is -2.10. The van der Waals surface area contributed by atoms with Crippen molar-refractivity contribution in [1.29, 1.82) is 0 Å². The molecule has 0 atom stereocenters. The smallest absolute Gasteiger partial charge is 0.350 e. The van der Waals surface area contributed by atoms with E-state index in [0.29, 0.717) is 27.9 Å². The molecule has 1 aromatic heterocycles. The van der Waals surface area contributed by atoms with E-state index in [1.807, 2.05) is 0 Å². The van der Waals surface area contributed by atoms with Crippen LogP contribution in [0.25, 0.3) is 0 Å². The third kappa shape index (κ3) is 4.94. The van der Waals surface area contributed by atoms with Crippen LogP contribution in [0.1, 0.15) is 34.8 Å². The van der Waals surface area contributed by atoms with Crippen molar-refractivity contribution in [2.75, 3.05) is 25.7 Å². The lowest BCUT2D eigenvalue weighted by atomic mass is 10.2. The number of carbonyl (C=O) groups excluding carboxylic acids is 1. The first-order valence-corrected chi connectivity index (χ1v) is 9.15. The summed E-state index contributed by atoms with van der Waals surface area (Å²) in [6.07, 6.45) is 1.38. The van der Waals surface area contributed by atoms with Crippen LogP contribution in [0, 0.1) is 17.0 Å². The van der Waals surface area contributed by atoms with Gasteiger partial charge in [0.2, 0.25) is 10.9 Å². The topological polar surface area (TPSA) is 125 Å². The molecule has 0 amide bonds. The summed E-state index contributed by atoms with van der Waals surface area (Å²) in [5, 5.41) is 15.7. The van der Waals surface area contributed by atoms with Crippen molar-refractivity contribution in [1.82, 2.24) is 4.98 Å². The lowest BCUT2D eigenvalue weighted by Crippen LogP contribution is -2.03. The van der Waals surface area contributed by atoms with E-state index in [1.54, 1.807) is 26.8 Å². The number of hydrogen-bond acceptors (Lipinski definition) is 10. The number of nitrogens with one attached hydrogen (secondary N) is 1. The predicted molar refractivity (Wildman–Crippen MR) is 105 cm³/mol. The van der Waals surface area contributed by atoms with Crippen molar-refractivity contribution in [2.45, 2.75) is 20.8 Å². The number of aromatic nitrogens is 1. The molecule has 0 bridgehead atoms. The van der Waals surface area contributed by atoms with Gasteiger partial charge in [-0.25, -0.2) is 9.78 Å². The number of nitro groups is 1. The molecule has 0 aliphatic heterocycles. The zero-order valence-electron chi connectivity index (χ0n) is 15.8. The van der Waals surface area contributed by atoms with Crippen LogP contribution in [0.3, 0.4) is 0 Å². The van der Waals surface area contributed by atoms with Crippen molar-refractivity contribution >= 4 is 34.3 Å². The molecule has 1 aromatic carbocycles. The molecule has 0 aliphatic carbocycles. The Morgan fingerprint density at radius 1 is 1.39 bits per heavy atom. The number of ether oxygens (including phenoxy) is 3. The highest BCUT2D eigenvalue weighted by atomic mass is 32.1. The molecule has 2 rings (SSSR count). The summed E-state index contributed by atoms with van der Waals surface area (Å²) >= 11 is 1.10. The van der Waals surface area contributed by atoms with Crippen molar-refractivity contribution in [2.24, 2.45) is 5.10 Å². The number of hydrogen-bond donors (Lipinski definition) is 1. The first-order valence-electron chi connectivity index (χ1n) is 8.34. The van der Waals surface area contributed by atoms with E-state index in [0.717, 1.165) is 11.3 Å². The number of anilines is 1. The number of hydrazone groups is 1. The van der Waals surface area contributed by atoms with E-state index >= 15 is 0 Å². The van der Waals surface area contributed by atoms with E-state index < -0.39 is 10.9 Å². The van der Waals surface area contributed by atoms with Gasteiger partial charge in [0.1, 0.15) is 4.88 Å². The number of aryl methyl sites for hydroxylation is 1. The first-order chi connectivity index (χ1) is 13.4. The van der Waals surface area contributed by atoms with Gasteiger partial charge in [-0.3, -0.25) is 15.5 Å². The summed E-state index contributed by atoms with van der Waals surface area (Å²) in [7, 11) is 1.34. The van der Waals surface area contributed by atoms with E-state index in [1.165, 1.54) is 19.4 Å². The van der Waals surface area contributed by atoms with Gasteiger partial charge in [0.15, 0.2) is 5.75 Å². The third-order valence-electron chi connectivity index (χ3n) is 3.39. The molecule has 1 heterocycles. The van der Waals surface area contributed by atoms with Crippen LogP contribution >= 0.6 is 11.3 Å². The summed E-state index contributed by atoms with van der Waals surface area (Å²) in [5.41, 5.74) is 3.44. The zero-order valence-corrected chi connectivity index (χ0v) is 16.7. The Balaban J connectivity index is 2.23. The Bertz CT molecular complexity index is 896. The number of rotatable bonds is 9. The van der Waals surface area contributed by atoms with Gasteiger partial charge in [0.25, 0.3) is 0 Å². The van der Waals surface area contributed by atoms with Gasteiger partial charge < -0.3 is 14.2 Å². The third-order valence-corrected chi connectivity index (χ3v) is 4.43. The maximum Gasteiger partial charge on any atom is 0.350 e. The fourth-order valence-corrected chi connectivity index (χ4v) is 3.09. The van der Waals surface area contributed by atoms with Gasteiger partial charge in [-0.15, -0.1) is 0 Å². The Kier molecular flexibility index (Phi) is 7.27. The molecule has 0 saturated carbocycles. The molecule has 11 heteroatoms. The molecule has 0 aliphatic rings. The molecular weight excluding hydrogens is 388 g/mol. The van der Waals surface area contributed by atoms with Gasteiger partial charge in [-0.2, -0.15) is 5.10 Å². The maximum absolute atomic E-state index is 11.8. The fourth-order valence-electron chi connectivity index (χ4n) is 2.28. The Morgan fingerprint density at radius 3 is 2.75 bits per heavy atom. The van der Waals surface area contributed by atoms with Gasteiger partial charge in [0, 0.05) is 11.6 Å². The summed E-state index contributed by atoms with van der Waals surface area (Å²) in [6.45, 7) is 5.78. The summed E-state index contributed by atoms with van der Waals surface area (Å²) in [5.74, 6) is -0.149. The van der Waals surface area contributed by atoms with Gasteiger partial charge >= 0.3 is 11.7 Å². The Labute approximate surface area is 165 Å². The average molecular weight is 408 g/mol. The average Bonchev–Trinajstić information content (AvgIpc) is 3.02. The molecule has 0 saturated heterocycles. The number of esters is 1. The second-order valence-corrected chi connectivity index (χ2v) is 6.28. The molecule has 10 nitrogen and oxygen atoms in total. The van der Waals surface area contributed by atoms with E-state index in [4.69, 9.17) is 14.2 Å². The van der Waals surface area contributed by atoms with Crippen LogP contribution in [0.5, 0.6) is 11.5 Å². The zero-order chi connectivity index (χ0) is 20.7. The Hall–Kier alpha value is -3.21. The molecule has 0 radical (unpaired) electrons.